The summed E-state index contributed by atoms with van der Waals surface area (Å²) in [5.41, 5.74) is 3.72. The van der Waals surface area contributed by atoms with Gasteiger partial charge in [0.15, 0.2) is 5.76 Å². The first-order valence-corrected chi connectivity index (χ1v) is 8.47. The van der Waals surface area contributed by atoms with Crippen molar-refractivity contribution in [3.05, 3.63) is 47.0 Å². The van der Waals surface area contributed by atoms with Crippen LogP contribution in [0.3, 0.4) is 0 Å². The first-order valence-electron chi connectivity index (χ1n) is 8.47. The van der Waals surface area contributed by atoms with Crippen LogP contribution in [0.4, 0.5) is 5.69 Å². The summed E-state index contributed by atoms with van der Waals surface area (Å²) in [5, 5.41) is 16.7. The number of hydrogen-bond donors (Lipinski definition) is 2. The third-order valence-corrected chi connectivity index (χ3v) is 5.00. The molecule has 0 spiro atoms. The van der Waals surface area contributed by atoms with Crippen LogP contribution in [0, 0.1) is 19.8 Å². The maximum Gasteiger partial charge on any atom is 0.257 e. The van der Waals surface area contributed by atoms with Crippen LogP contribution in [-0.2, 0) is 4.79 Å². The van der Waals surface area contributed by atoms with Gasteiger partial charge in [-0.3, -0.25) is 4.79 Å². The van der Waals surface area contributed by atoms with Crippen molar-refractivity contribution in [1.29, 1.82) is 0 Å². The molecule has 1 aliphatic carbocycles. The van der Waals surface area contributed by atoms with Crippen LogP contribution < -0.4 is 5.32 Å². The van der Waals surface area contributed by atoms with Gasteiger partial charge in [-0.15, -0.1) is 0 Å². The van der Waals surface area contributed by atoms with Crippen LogP contribution in [0.25, 0.3) is 5.57 Å². The Bertz CT molecular complexity index is 861. The van der Waals surface area contributed by atoms with E-state index in [4.69, 9.17) is 4.52 Å². The number of benzene rings is 1. The van der Waals surface area contributed by atoms with Gasteiger partial charge in [-0.05, 0) is 55.9 Å². The van der Waals surface area contributed by atoms with E-state index in [1.807, 2.05) is 19.3 Å². The molecule has 1 unspecified atom stereocenters. The molecule has 2 aromatic rings. The first kappa shape index (κ1) is 15.7. The van der Waals surface area contributed by atoms with Gasteiger partial charge < -0.3 is 19.8 Å². The third-order valence-electron chi connectivity index (χ3n) is 5.00. The molecule has 2 N–H and O–H groups in total. The van der Waals surface area contributed by atoms with Gasteiger partial charge in [-0.2, -0.15) is 0 Å². The largest absolute Gasteiger partial charge is 0.508 e. The predicted molar refractivity (Wildman–Crippen MR) is 93.9 cm³/mol. The van der Waals surface area contributed by atoms with Gasteiger partial charge >= 0.3 is 0 Å². The number of aromatic nitrogens is 1. The predicted octanol–water partition coefficient (Wildman–Crippen LogP) is 3.37. The topological polar surface area (TPSA) is 78.6 Å². The fourth-order valence-corrected chi connectivity index (χ4v) is 3.63. The van der Waals surface area contributed by atoms with Gasteiger partial charge in [0.1, 0.15) is 17.1 Å². The van der Waals surface area contributed by atoms with Crippen LogP contribution in [0.5, 0.6) is 5.75 Å². The number of fused-ring (bicyclic) bond motifs is 1. The second kappa shape index (κ2) is 5.65. The number of rotatable bonds is 3. The number of nitrogens with zero attached hydrogens (tertiary/aromatic N) is 2. The number of phenols is 1. The fraction of sp³-hybridized carbons (Fsp3) is 0.368. The molecule has 6 nitrogen and oxygen atoms in total. The Kier molecular flexibility index (Phi) is 3.56. The molecule has 1 atom stereocenters. The van der Waals surface area contributed by atoms with Crippen molar-refractivity contribution in [3.63, 3.8) is 0 Å². The number of amides is 1. The van der Waals surface area contributed by atoms with E-state index in [2.05, 4.69) is 15.4 Å². The fourth-order valence-electron chi connectivity index (χ4n) is 3.63. The Morgan fingerprint density at radius 2 is 2.12 bits per heavy atom. The third kappa shape index (κ3) is 2.67. The van der Waals surface area contributed by atoms with Gasteiger partial charge in [0, 0.05) is 13.2 Å². The van der Waals surface area contributed by atoms with E-state index in [1.165, 1.54) is 12.8 Å². The van der Waals surface area contributed by atoms with E-state index in [-0.39, 0.29) is 17.7 Å². The van der Waals surface area contributed by atoms with Crippen molar-refractivity contribution < 1.29 is 14.4 Å². The molecule has 0 radical (unpaired) electrons. The van der Waals surface area contributed by atoms with Crippen molar-refractivity contribution >= 4 is 17.2 Å². The minimum atomic E-state index is -0.206. The highest BCUT2D eigenvalue weighted by molar-refractivity contribution is 6.26. The normalized spacial score (nSPS) is 19.4. The summed E-state index contributed by atoms with van der Waals surface area (Å²) in [7, 11) is 1.99. The Labute approximate surface area is 146 Å². The average molecular weight is 339 g/mol. The highest BCUT2D eigenvalue weighted by Crippen LogP contribution is 2.49. The molecule has 2 heterocycles. The molecule has 0 saturated heterocycles. The zero-order chi connectivity index (χ0) is 17.7. The molecular weight excluding hydrogens is 318 g/mol. The summed E-state index contributed by atoms with van der Waals surface area (Å²) in [5.74, 6) is 1.18. The number of carbonyl (C=O) groups excluding carboxylic acids is 1. The molecule has 4 rings (SSSR count). The van der Waals surface area contributed by atoms with Gasteiger partial charge in [-0.25, -0.2) is 0 Å². The van der Waals surface area contributed by atoms with Crippen LogP contribution in [-0.4, -0.2) is 28.1 Å². The maximum atomic E-state index is 12.9. The molecule has 1 aliphatic heterocycles. The van der Waals surface area contributed by atoms with E-state index in [9.17, 15) is 9.90 Å². The summed E-state index contributed by atoms with van der Waals surface area (Å²) >= 11 is 0. The zero-order valence-electron chi connectivity index (χ0n) is 14.5. The Morgan fingerprint density at radius 3 is 2.76 bits per heavy atom. The molecule has 1 saturated carbocycles. The number of hydrogen-bond acceptors (Lipinski definition) is 5. The van der Waals surface area contributed by atoms with Crippen molar-refractivity contribution in [1.82, 2.24) is 10.1 Å². The number of anilines is 1. The quantitative estimate of drug-likeness (QED) is 0.896. The number of phenolic OH excluding ortho intramolecular Hbond substituents is 1. The lowest BCUT2D eigenvalue weighted by atomic mass is 9.88. The average Bonchev–Trinajstić information content (AvgIpc) is 3.35. The van der Waals surface area contributed by atoms with Crippen molar-refractivity contribution in [3.8, 4) is 5.75 Å². The molecule has 2 aliphatic rings. The monoisotopic (exact) mass is 339 g/mol. The van der Waals surface area contributed by atoms with Crippen LogP contribution in [0.15, 0.2) is 28.9 Å². The van der Waals surface area contributed by atoms with Crippen molar-refractivity contribution in [2.75, 3.05) is 12.4 Å². The van der Waals surface area contributed by atoms with E-state index in [0.29, 0.717) is 28.6 Å². The number of carbonyl (C=O) groups is 1. The highest BCUT2D eigenvalue weighted by Gasteiger charge is 2.39. The lowest BCUT2D eigenvalue weighted by molar-refractivity contribution is -0.111. The summed E-state index contributed by atoms with van der Waals surface area (Å²) in [6, 6.07) is 5.44. The molecule has 1 amide bonds. The summed E-state index contributed by atoms with van der Waals surface area (Å²) in [6.45, 7) is 3.56. The van der Waals surface area contributed by atoms with Gasteiger partial charge in [0.05, 0.1) is 11.6 Å². The van der Waals surface area contributed by atoms with Crippen molar-refractivity contribution in [2.24, 2.45) is 5.92 Å². The van der Waals surface area contributed by atoms with Gasteiger partial charge in [-0.1, -0.05) is 11.2 Å². The maximum absolute atomic E-state index is 12.9. The highest BCUT2D eigenvalue weighted by atomic mass is 16.5. The number of nitrogens with one attached hydrogen (secondary N) is 1. The summed E-state index contributed by atoms with van der Waals surface area (Å²) < 4.78 is 5.12. The Morgan fingerprint density at radius 1 is 1.36 bits per heavy atom. The lowest BCUT2D eigenvalue weighted by Gasteiger charge is -2.34. The molecular formula is C19H21N3O3. The lowest BCUT2D eigenvalue weighted by Crippen LogP contribution is -2.29. The van der Waals surface area contributed by atoms with Crippen molar-refractivity contribution in [2.45, 2.75) is 32.7 Å². The van der Waals surface area contributed by atoms with E-state index < -0.39 is 0 Å². The van der Waals surface area contributed by atoms with Crippen LogP contribution in [0.2, 0.25) is 0 Å². The van der Waals surface area contributed by atoms with Crippen LogP contribution >= 0.6 is 0 Å². The van der Waals surface area contributed by atoms with E-state index in [0.717, 1.165) is 11.1 Å². The Hall–Kier alpha value is -2.76. The second-order valence-corrected chi connectivity index (χ2v) is 6.92. The Balaban J connectivity index is 1.72. The molecule has 1 aromatic carbocycles. The minimum Gasteiger partial charge on any atom is -0.508 e. The minimum absolute atomic E-state index is 0.206. The van der Waals surface area contributed by atoms with Gasteiger partial charge in [0.25, 0.3) is 5.91 Å². The number of aryl methyl sites for hydroxylation is 2. The SMILES string of the molecule is Cc1noc(C)c1NC(=O)C1=CN(C)C(C2CC2)c2cc(O)ccc21. The molecule has 6 heteroatoms. The second-order valence-electron chi connectivity index (χ2n) is 6.92. The first-order chi connectivity index (χ1) is 12.0. The summed E-state index contributed by atoms with van der Waals surface area (Å²) in [6.07, 6.45) is 4.26. The molecule has 130 valence electrons. The molecule has 25 heavy (non-hydrogen) atoms. The van der Waals surface area contributed by atoms with E-state index >= 15 is 0 Å². The summed E-state index contributed by atoms with van der Waals surface area (Å²) in [4.78, 5) is 15.0. The number of aromatic hydroxyl groups is 1. The van der Waals surface area contributed by atoms with E-state index in [1.54, 1.807) is 26.0 Å². The molecule has 1 aromatic heterocycles. The molecule has 0 bridgehead atoms. The zero-order valence-corrected chi connectivity index (χ0v) is 14.5. The van der Waals surface area contributed by atoms with Gasteiger partial charge in [0.2, 0.25) is 0 Å². The molecule has 1 fully saturated rings. The van der Waals surface area contributed by atoms with Crippen LogP contribution in [0.1, 0.15) is 41.5 Å². The smallest absolute Gasteiger partial charge is 0.257 e. The standard InChI is InChI=1S/C19H21N3O3/c1-10-17(11(2)25-21-10)20-19(24)16-9-22(3)18(12-4-5-12)15-8-13(23)6-7-14(15)16/h6-9,12,18,23H,4-5H2,1-3H3,(H,20,24).